The lowest BCUT2D eigenvalue weighted by molar-refractivity contribution is -0.111. The van der Waals surface area contributed by atoms with Crippen molar-refractivity contribution in [1.29, 1.82) is 0 Å². The summed E-state index contributed by atoms with van der Waals surface area (Å²) >= 11 is 2.02. The quantitative estimate of drug-likeness (QED) is 0.698. The minimum absolute atomic E-state index is 0.0827. The number of nitrogens with one attached hydrogen (secondary N) is 1. The van der Waals surface area contributed by atoms with Crippen LogP contribution in [0.5, 0.6) is 0 Å². The molecule has 0 fully saturated rings. The van der Waals surface area contributed by atoms with Crippen LogP contribution in [0.2, 0.25) is 0 Å². The van der Waals surface area contributed by atoms with Crippen LogP contribution < -0.4 is 4.13 Å². The van der Waals surface area contributed by atoms with Gasteiger partial charge in [0.05, 0.1) is 0 Å². The van der Waals surface area contributed by atoms with E-state index < -0.39 is 0 Å². The average molecular weight is 221 g/mol. The van der Waals surface area contributed by atoms with Crippen molar-refractivity contribution in [2.45, 2.75) is 39.5 Å². The average Bonchev–Trinajstić information content (AvgIpc) is 2.05. The first-order valence-corrected chi connectivity index (χ1v) is 5.98. The highest BCUT2D eigenvalue weighted by Crippen LogP contribution is 2.10. The molecule has 0 saturated carbocycles. The van der Waals surface area contributed by atoms with Gasteiger partial charge in [0.15, 0.2) is 0 Å². The van der Waals surface area contributed by atoms with Gasteiger partial charge in [0.25, 0.3) is 0 Å². The standard InChI is InChI=1S/C8H15NO2S2/c1-3-5-7(10)12-9-13-8(11)6-4-2/h9H,3-6H2,1-2H3. The summed E-state index contributed by atoms with van der Waals surface area (Å²) in [4.78, 5) is 21.9. The van der Waals surface area contributed by atoms with Gasteiger partial charge >= 0.3 is 0 Å². The number of carbonyl (C=O) groups is 2. The van der Waals surface area contributed by atoms with E-state index in [1.54, 1.807) is 0 Å². The molecule has 3 nitrogen and oxygen atoms in total. The summed E-state index contributed by atoms with van der Waals surface area (Å²) in [7, 11) is 0. The lowest BCUT2D eigenvalue weighted by Crippen LogP contribution is -2.03. The summed E-state index contributed by atoms with van der Waals surface area (Å²) in [5.41, 5.74) is 0. The molecule has 0 saturated heterocycles. The number of hydrogen-bond donors (Lipinski definition) is 1. The molecule has 5 heteroatoms. The molecular formula is C8H15NO2S2. The zero-order valence-electron chi connectivity index (χ0n) is 7.96. The molecule has 1 N–H and O–H groups in total. The van der Waals surface area contributed by atoms with E-state index in [0.29, 0.717) is 12.8 Å². The van der Waals surface area contributed by atoms with Crippen molar-refractivity contribution in [2.75, 3.05) is 0 Å². The Morgan fingerprint density at radius 3 is 1.69 bits per heavy atom. The fraction of sp³-hybridized carbons (Fsp3) is 0.750. The van der Waals surface area contributed by atoms with Crippen molar-refractivity contribution >= 4 is 34.1 Å². The highest BCUT2D eigenvalue weighted by Gasteiger charge is 2.04. The van der Waals surface area contributed by atoms with Crippen LogP contribution in [0.15, 0.2) is 0 Å². The van der Waals surface area contributed by atoms with Crippen molar-refractivity contribution in [3.8, 4) is 0 Å². The van der Waals surface area contributed by atoms with Crippen LogP contribution in [0.3, 0.4) is 0 Å². The molecule has 0 spiro atoms. The summed E-state index contributed by atoms with van der Waals surface area (Å²) in [6.45, 7) is 3.90. The van der Waals surface area contributed by atoms with Gasteiger partial charge < -0.3 is 0 Å². The van der Waals surface area contributed by atoms with Crippen LogP contribution in [0.4, 0.5) is 0 Å². The van der Waals surface area contributed by atoms with Crippen molar-refractivity contribution in [3.63, 3.8) is 0 Å². The molecule has 13 heavy (non-hydrogen) atoms. The maximum Gasteiger partial charge on any atom is 0.204 e. The second kappa shape index (κ2) is 8.59. The third-order valence-electron chi connectivity index (χ3n) is 1.22. The molecule has 0 amide bonds. The lowest BCUT2D eigenvalue weighted by atomic mass is 10.4. The second-order valence-electron chi connectivity index (χ2n) is 2.53. The first-order chi connectivity index (χ1) is 6.20. The van der Waals surface area contributed by atoms with E-state index in [-0.39, 0.29) is 10.2 Å². The monoisotopic (exact) mass is 221 g/mol. The van der Waals surface area contributed by atoms with E-state index in [2.05, 4.69) is 4.13 Å². The van der Waals surface area contributed by atoms with Crippen LogP contribution in [-0.4, -0.2) is 10.2 Å². The fourth-order valence-electron chi connectivity index (χ4n) is 0.624. The third kappa shape index (κ3) is 8.33. The van der Waals surface area contributed by atoms with Gasteiger partial charge in [-0.05, 0) is 12.8 Å². The normalized spacial score (nSPS) is 10.0. The highest BCUT2D eigenvalue weighted by molar-refractivity contribution is 8.25. The topological polar surface area (TPSA) is 46.2 Å². The van der Waals surface area contributed by atoms with E-state index in [9.17, 15) is 9.59 Å². The molecule has 0 aliphatic rings. The smallest absolute Gasteiger partial charge is 0.204 e. The predicted octanol–water partition coefficient (Wildman–Crippen LogP) is 2.53. The van der Waals surface area contributed by atoms with E-state index in [4.69, 9.17) is 0 Å². The van der Waals surface area contributed by atoms with Gasteiger partial charge in [-0.1, -0.05) is 13.8 Å². The van der Waals surface area contributed by atoms with Gasteiger partial charge in [0, 0.05) is 36.7 Å². The van der Waals surface area contributed by atoms with Crippen LogP contribution in [0, 0.1) is 0 Å². The summed E-state index contributed by atoms with van der Waals surface area (Å²) in [6, 6.07) is 0. The summed E-state index contributed by atoms with van der Waals surface area (Å²) in [6.07, 6.45) is 2.81. The molecule has 0 atom stereocenters. The molecular weight excluding hydrogens is 206 g/mol. The molecule has 0 aliphatic carbocycles. The Balaban J connectivity index is 3.33. The molecule has 0 aliphatic heterocycles. The van der Waals surface area contributed by atoms with Crippen molar-refractivity contribution in [3.05, 3.63) is 0 Å². The van der Waals surface area contributed by atoms with Gasteiger partial charge in [0.1, 0.15) is 0 Å². The van der Waals surface area contributed by atoms with Gasteiger partial charge in [-0.2, -0.15) is 4.13 Å². The van der Waals surface area contributed by atoms with Gasteiger partial charge in [0.2, 0.25) is 10.2 Å². The molecule has 76 valence electrons. The zero-order valence-corrected chi connectivity index (χ0v) is 9.59. The third-order valence-corrected chi connectivity index (χ3v) is 2.75. The molecule has 0 rings (SSSR count). The second-order valence-corrected chi connectivity index (χ2v) is 4.52. The van der Waals surface area contributed by atoms with E-state index in [1.165, 1.54) is 0 Å². The zero-order chi connectivity index (χ0) is 10.1. The van der Waals surface area contributed by atoms with E-state index in [1.807, 2.05) is 13.8 Å². The Bertz CT molecular complexity index is 156. The number of rotatable bonds is 6. The molecule has 0 radical (unpaired) electrons. The summed E-state index contributed by atoms with van der Waals surface area (Å²) in [5, 5.41) is 0.165. The maximum absolute atomic E-state index is 11.0. The molecule has 0 bridgehead atoms. The van der Waals surface area contributed by atoms with Crippen molar-refractivity contribution in [2.24, 2.45) is 0 Å². The van der Waals surface area contributed by atoms with Gasteiger partial charge in [-0.15, -0.1) is 0 Å². The Hall–Kier alpha value is -0.0000000000000000555. The Kier molecular flexibility index (Phi) is 8.59. The van der Waals surface area contributed by atoms with E-state index in [0.717, 1.165) is 36.7 Å². The van der Waals surface area contributed by atoms with E-state index >= 15 is 0 Å². The van der Waals surface area contributed by atoms with Crippen LogP contribution >= 0.6 is 23.9 Å². The Morgan fingerprint density at radius 2 is 1.38 bits per heavy atom. The summed E-state index contributed by atoms with van der Waals surface area (Å²) < 4.78 is 2.69. The minimum Gasteiger partial charge on any atom is -0.286 e. The fourth-order valence-corrected chi connectivity index (χ4v) is 2.15. The molecule has 0 aromatic rings. The first kappa shape index (κ1) is 13.0. The maximum atomic E-state index is 11.0. The highest BCUT2D eigenvalue weighted by atomic mass is 32.2. The Morgan fingerprint density at radius 1 is 1.00 bits per heavy atom. The van der Waals surface area contributed by atoms with Crippen molar-refractivity contribution < 1.29 is 9.59 Å². The largest absolute Gasteiger partial charge is 0.286 e. The Labute approximate surface area is 87.7 Å². The molecule has 0 unspecified atom stereocenters. The number of hydrogen-bond acceptors (Lipinski definition) is 5. The summed E-state index contributed by atoms with van der Waals surface area (Å²) in [5.74, 6) is 0. The molecule has 0 aromatic heterocycles. The lowest BCUT2D eigenvalue weighted by Gasteiger charge is -1.99. The van der Waals surface area contributed by atoms with Crippen LogP contribution in [-0.2, 0) is 9.59 Å². The predicted molar refractivity (Wildman–Crippen MR) is 58.1 cm³/mol. The first-order valence-electron chi connectivity index (χ1n) is 4.35. The minimum atomic E-state index is 0.0827. The van der Waals surface area contributed by atoms with Crippen LogP contribution in [0.1, 0.15) is 39.5 Å². The van der Waals surface area contributed by atoms with Gasteiger partial charge in [-0.25, -0.2) is 0 Å². The SMILES string of the molecule is CCCC(=O)SNSC(=O)CCC. The number of carbonyl (C=O) groups excluding carboxylic acids is 2. The van der Waals surface area contributed by atoms with Gasteiger partial charge in [-0.3, -0.25) is 9.59 Å². The van der Waals surface area contributed by atoms with Crippen LogP contribution in [0.25, 0.3) is 0 Å². The molecule has 0 aromatic carbocycles. The van der Waals surface area contributed by atoms with Crippen molar-refractivity contribution in [1.82, 2.24) is 4.13 Å². The molecule has 0 heterocycles.